The third-order valence-corrected chi connectivity index (χ3v) is 7.77. The minimum Gasteiger partial charge on any atom is -0.460 e. The van der Waals surface area contributed by atoms with Crippen LogP contribution in [-0.2, 0) is 24.1 Å². The van der Waals surface area contributed by atoms with Crippen LogP contribution in [0.5, 0.6) is 5.19 Å². The molecule has 0 saturated heterocycles. The number of hydrogen-bond donors (Lipinski definition) is 1. The zero-order valence-corrected chi connectivity index (χ0v) is 20.8. The van der Waals surface area contributed by atoms with Crippen molar-refractivity contribution in [3.05, 3.63) is 34.4 Å². The fourth-order valence-electron chi connectivity index (χ4n) is 4.75. The van der Waals surface area contributed by atoms with E-state index in [1.807, 2.05) is 6.92 Å². The van der Waals surface area contributed by atoms with Crippen LogP contribution < -0.4 is 10.1 Å². The predicted octanol–water partition coefficient (Wildman–Crippen LogP) is 3.89. The fraction of sp³-hybridized carbons (Fsp3) is 0.667. The number of carbonyl (C=O) groups is 1. The molecular weight excluding hydrogens is 479 g/mol. The molecular formula is C24H32F3N5O2S. The lowest BCUT2D eigenvalue weighted by Crippen LogP contribution is -2.39. The minimum atomic E-state index is -4.35. The van der Waals surface area contributed by atoms with Gasteiger partial charge in [-0.1, -0.05) is 11.3 Å². The molecule has 1 N–H and O–H groups in total. The van der Waals surface area contributed by atoms with E-state index in [1.54, 1.807) is 12.4 Å². The maximum absolute atomic E-state index is 12.4. The van der Waals surface area contributed by atoms with E-state index in [9.17, 15) is 18.0 Å². The van der Waals surface area contributed by atoms with Crippen molar-refractivity contribution in [1.82, 2.24) is 25.2 Å². The minimum absolute atomic E-state index is 0.0264. The largest absolute Gasteiger partial charge is 0.460 e. The molecule has 2 aromatic heterocycles. The number of aromatic nitrogens is 3. The summed E-state index contributed by atoms with van der Waals surface area (Å²) >= 11 is 1.24. The van der Waals surface area contributed by atoms with E-state index in [1.165, 1.54) is 11.3 Å². The van der Waals surface area contributed by atoms with Crippen LogP contribution in [0.15, 0.2) is 12.4 Å². The summed E-state index contributed by atoms with van der Waals surface area (Å²) in [6.07, 6.45) is 6.28. The van der Waals surface area contributed by atoms with Crippen molar-refractivity contribution in [3.8, 4) is 5.19 Å². The van der Waals surface area contributed by atoms with Gasteiger partial charge in [0.15, 0.2) is 6.61 Å². The number of fused-ring (bicyclic) bond motifs is 1. The number of aryl methyl sites for hydroxylation is 1. The van der Waals surface area contributed by atoms with Gasteiger partial charge in [-0.05, 0) is 63.5 Å². The molecule has 11 heteroatoms. The number of carbonyl (C=O) groups excluding carboxylic acids is 1. The summed E-state index contributed by atoms with van der Waals surface area (Å²) in [6.45, 7) is 3.30. The maximum Gasteiger partial charge on any atom is 0.422 e. The van der Waals surface area contributed by atoms with E-state index in [2.05, 4.69) is 25.2 Å². The summed E-state index contributed by atoms with van der Waals surface area (Å²) < 4.78 is 41.9. The van der Waals surface area contributed by atoms with Gasteiger partial charge in [0, 0.05) is 42.8 Å². The predicted molar refractivity (Wildman–Crippen MR) is 126 cm³/mol. The van der Waals surface area contributed by atoms with Gasteiger partial charge in [-0.15, -0.1) is 0 Å². The van der Waals surface area contributed by atoms with Crippen molar-refractivity contribution in [2.75, 3.05) is 26.2 Å². The van der Waals surface area contributed by atoms with Gasteiger partial charge < -0.3 is 15.0 Å². The molecule has 192 valence electrons. The van der Waals surface area contributed by atoms with E-state index < -0.39 is 12.8 Å². The molecule has 0 spiro atoms. The summed E-state index contributed by atoms with van der Waals surface area (Å²) in [4.78, 5) is 28.4. The Bertz CT molecular complexity index is 949. The number of ether oxygens (including phenoxy) is 1. The lowest BCUT2D eigenvalue weighted by atomic mass is 9.84. The highest BCUT2D eigenvalue weighted by molar-refractivity contribution is 7.13. The average molecular weight is 512 g/mol. The Hall–Kier alpha value is -2.27. The number of nitrogens with zero attached hydrogens (tertiary/aromatic N) is 4. The molecule has 3 heterocycles. The number of thiazole rings is 1. The van der Waals surface area contributed by atoms with Crippen molar-refractivity contribution in [2.45, 2.75) is 70.5 Å². The van der Waals surface area contributed by atoms with Gasteiger partial charge in [0.05, 0.1) is 12.1 Å². The van der Waals surface area contributed by atoms with Gasteiger partial charge in [-0.3, -0.25) is 4.79 Å². The SMILES string of the molecule is Cc1ncc(CC(=O)NC2CCC(CCN3CCc4nc(OCC(F)(F)F)sc4CC3)CC2)cn1. The van der Waals surface area contributed by atoms with Gasteiger partial charge in [0.25, 0.3) is 5.19 Å². The topological polar surface area (TPSA) is 80.2 Å². The zero-order valence-electron chi connectivity index (χ0n) is 19.9. The first kappa shape index (κ1) is 25.8. The lowest BCUT2D eigenvalue weighted by molar-refractivity contribution is -0.153. The van der Waals surface area contributed by atoms with Crippen LogP contribution >= 0.6 is 11.3 Å². The van der Waals surface area contributed by atoms with E-state index in [4.69, 9.17) is 4.74 Å². The molecule has 1 aliphatic carbocycles. The van der Waals surface area contributed by atoms with Gasteiger partial charge in [-0.2, -0.15) is 13.2 Å². The van der Waals surface area contributed by atoms with Crippen LogP contribution in [0, 0.1) is 12.8 Å². The molecule has 0 atom stereocenters. The third-order valence-electron chi connectivity index (χ3n) is 6.70. The standard InChI is InChI=1S/C24H32F3N5O2S/c1-16-28-13-18(14-29-16)12-22(33)30-19-4-2-17(3-5-19)6-9-32-10-7-20-21(8-11-32)35-23(31-20)34-15-24(25,26)27/h13-14,17,19H,2-12,15H2,1H3,(H,30,33). The Labute approximate surface area is 207 Å². The first-order valence-electron chi connectivity index (χ1n) is 12.2. The average Bonchev–Trinajstić information content (AvgIpc) is 3.11. The molecule has 1 saturated carbocycles. The van der Waals surface area contributed by atoms with E-state index >= 15 is 0 Å². The van der Waals surface area contributed by atoms with Crippen LogP contribution in [0.4, 0.5) is 13.2 Å². The molecule has 1 fully saturated rings. The lowest BCUT2D eigenvalue weighted by Gasteiger charge is -2.30. The molecule has 0 unspecified atom stereocenters. The van der Waals surface area contributed by atoms with Crippen molar-refractivity contribution in [1.29, 1.82) is 0 Å². The Kier molecular flexibility index (Phi) is 8.59. The number of halogens is 3. The Balaban J connectivity index is 1.13. The molecule has 7 nitrogen and oxygen atoms in total. The van der Waals surface area contributed by atoms with Crippen molar-refractivity contribution in [2.24, 2.45) is 5.92 Å². The van der Waals surface area contributed by atoms with Crippen LogP contribution in [0.3, 0.4) is 0 Å². The molecule has 1 amide bonds. The quantitative estimate of drug-likeness (QED) is 0.579. The van der Waals surface area contributed by atoms with Gasteiger partial charge in [0.2, 0.25) is 5.91 Å². The van der Waals surface area contributed by atoms with Crippen molar-refractivity contribution < 1.29 is 22.7 Å². The molecule has 2 aliphatic rings. The Morgan fingerprint density at radius 2 is 1.89 bits per heavy atom. The van der Waals surface area contributed by atoms with Crippen LogP contribution in [0.25, 0.3) is 0 Å². The summed E-state index contributed by atoms with van der Waals surface area (Å²) in [5.41, 5.74) is 1.71. The monoisotopic (exact) mass is 511 g/mol. The van der Waals surface area contributed by atoms with Gasteiger partial charge in [0.1, 0.15) is 5.82 Å². The second kappa shape index (κ2) is 11.6. The molecule has 4 rings (SSSR count). The second-order valence-electron chi connectivity index (χ2n) is 9.48. The van der Waals surface area contributed by atoms with Crippen molar-refractivity contribution >= 4 is 17.2 Å². The molecule has 0 radical (unpaired) electrons. The zero-order chi connectivity index (χ0) is 24.8. The number of rotatable bonds is 8. The first-order valence-corrected chi connectivity index (χ1v) is 13.0. The second-order valence-corrected chi connectivity index (χ2v) is 10.5. The number of hydrogen-bond acceptors (Lipinski definition) is 7. The highest BCUT2D eigenvalue weighted by atomic mass is 32.1. The number of alkyl halides is 3. The Morgan fingerprint density at radius 3 is 2.60 bits per heavy atom. The van der Waals surface area contributed by atoms with Crippen LogP contribution in [0.2, 0.25) is 0 Å². The molecule has 35 heavy (non-hydrogen) atoms. The summed E-state index contributed by atoms with van der Waals surface area (Å²) in [5, 5.41) is 3.28. The third kappa shape index (κ3) is 8.13. The highest BCUT2D eigenvalue weighted by Gasteiger charge is 2.30. The van der Waals surface area contributed by atoms with E-state index in [0.717, 1.165) is 80.7 Å². The van der Waals surface area contributed by atoms with Crippen LogP contribution in [-0.4, -0.2) is 64.2 Å². The summed E-state index contributed by atoms with van der Waals surface area (Å²) in [6, 6.07) is 0.235. The van der Waals surface area contributed by atoms with Crippen LogP contribution in [0.1, 0.15) is 54.1 Å². The summed E-state index contributed by atoms with van der Waals surface area (Å²) in [5.74, 6) is 1.38. The molecule has 1 aliphatic heterocycles. The number of amides is 1. The van der Waals surface area contributed by atoms with E-state index in [0.29, 0.717) is 18.2 Å². The normalized spacial score (nSPS) is 21.3. The summed E-state index contributed by atoms with van der Waals surface area (Å²) in [7, 11) is 0. The molecule has 0 bridgehead atoms. The molecule has 0 aromatic carbocycles. The van der Waals surface area contributed by atoms with E-state index in [-0.39, 0.29) is 17.1 Å². The number of nitrogens with one attached hydrogen (secondary N) is 1. The highest BCUT2D eigenvalue weighted by Crippen LogP contribution is 2.31. The molecule has 2 aromatic rings. The van der Waals surface area contributed by atoms with Gasteiger partial charge in [-0.25, -0.2) is 15.0 Å². The maximum atomic E-state index is 12.4. The smallest absolute Gasteiger partial charge is 0.422 e. The Morgan fingerprint density at radius 1 is 1.17 bits per heavy atom. The first-order chi connectivity index (χ1) is 16.7. The van der Waals surface area contributed by atoms with Crippen molar-refractivity contribution in [3.63, 3.8) is 0 Å². The van der Waals surface area contributed by atoms with Gasteiger partial charge >= 0.3 is 6.18 Å². The fourth-order valence-corrected chi connectivity index (χ4v) is 5.69.